The summed E-state index contributed by atoms with van der Waals surface area (Å²) in [7, 11) is -3.37. The smallest absolute Gasteiger partial charge is 0.240 e. The van der Waals surface area contributed by atoms with Gasteiger partial charge in [-0.25, -0.2) is 8.42 Å². The lowest BCUT2D eigenvalue weighted by atomic mass is 10.2. The molecule has 0 N–H and O–H groups in total. The molecule has 1 aliphatic rings. The molecular weight excluding hydrogens is 418 g/mol. The van der Waals surface area contributed by atoms with Crippen LogP contribution in [0, 0.1) is 0 Å². The minimum absolute atomic E-state index is 0.0102. The van der Waals surface area contributed by atoms with E-state index in [1.165, 1.54) is 0 Å². The van der Waals surface area contributed by atoms with E-state index in [1.54, 1.807) is 21.7 Å². The number of carbonyl (C=O) groups excluding carboxylic acids is 1. The van der Waals surface area contributed by atoms with Crippen LogP contribution in [-0.4, -0.2) is 67.2 Å². The third kappa shape index (κ3) is 5.78. The monoisotopic (exact) mass is 447 g/mol. The van der Waals surface area contributed by atoms with E-state index in [-0.39, 0.29) is 17.7 Å². The van der Waals surface area contributed by atoms with Gasteiger partial charge in [0.2, 0.25) is 15.9 Å². The van der Waals surface area contributed by atoms with Crippen molar-refractivity contribution in [2.24, 2.45) is 0 Å². The molecular formula is C22H29N3O3S2. The molecule has 1 atom stereocenters. The van der Waals surface area contributed by atoms with E-state index in [1.807, 2.05) is 59.7 Å². The lowest BCUT2D eigenvalue weighted by Crippen LogP contribution is -2.55. The molecule has 2 aromatic rings. The van der Waals surface area contributed by atoms with Crippen molar-refractivity contribution < 1.29 is 13.2 Å². The van der Waals surface area contributed by atoms with E-state index in [4.69, 9.17) is 0 Å². The molecule has 1 fully saturated rings. The zero-order chi connectivity index (χ0) is 21.6. The molecule has 1 amide bonds. The average Bonchev–Trinajstić information content (AvgIpc) is 3.26. The summed E-state index contributed by atoms with van der Waals surface area (Å²) in [6, 6.07) is 12.9. The topological polar surface area (TPSA) is 60.9 Å². The number of sulfonamides is 1. The fourth-order valence-corrected chi connectivity index (χ4v) is 5.88. The second-order valence-corrected chi connectivity index (χ2v) is 10.4. The Bertz CT molecular complexity index is 922. The number of rotatable bonds is 9. The quantitative estimate of drug-likeness (QED) is 0.555. The molecule has 0 saturated carbocycles. The highest BCUT2D eigenvalue weighted by Gasteiger charge is 2.32. The number of carbonyl (C=O) groups is 1. The van der Waals surface area contributed by atoms with Crippen molar-refractivity contribution in [3.8, 4) is 0 Å². The number of hydrogen-bond donors (Lipinski definition) is 0. The van der Waals surface area contributed by atoms with Gasteiger partial charge in [-0.2, -0.15) is 4.31 Å². The van der Waals surface area contributed by atoms with E-state index in [0.29, 0.717) is 39.3 Å². The summed E-state index contributed by atoms with van der Waals surface area (Å²) in [5, 5.41) is 2.00. The minimum atomic E-state index is -3.37. The Morgan fingerprint density at radius 2 is 1.87 bits per heavy atom. The predicted molar refractivity (Wildman–Crippen MR) is 122 cm³/mol. The summed E-state index contributed by atoms with van der Waals surface area (Å²) in [5.41, 5.74) is 0.789. The van der Waals surface area contributed by atoms with Crippen LogP contribution in [0.1, 0.15) is 17.4 Å². The van der Waals surface area contributed by atoms with Crippen LogP contribution in [-0.2, 0) is 27.1 Å². The van der Waals surface area contributed by atoms with Crippen molar-refractivity contribution in [2.45, 2.75) is 25.3 Å². The van der Waals surface area contributed by atoms with Gasteiger partial charge in [-0.3, -0.25) is 9.69 Å². The summed E-state index contributed by atoms with van der Waals surface area (Å²) in [4.78, 5) is 18.1. The molecule has 0 aliphatic carbocycles. The zero-order valence-electron chi connectivity index (χ0n) is 17.3. The van der Waals surface area contributed by atoms with Crippen LogP contribution >= 0.6 is 11.3 Å². The third-order valence-electron chi connectivity index (χ3n) is 5.35. The molecule has 30 heavy (non-hydrogen) atoms. The first-order valence-electron chi connectivity index (χ1n) is 10.1. The molecule has 0 spiro atoms. The first kappa shape index (κ1) is 22.7. The van der Waals surface area contributed by atoms with Crippen molar-refractivity contribution in [1.29, 1.82) is 0 Å². The first-order valence-corrected chi connectivity index (χ1v) is 12.6. The van der Waals surface area contributed by atoms with Gasteiger partial charge in [-0.05, 0) is 23.9 Å². The lowest BCUT2D eigenvalue weighted by Gasteiger charge is -2.38. The first-order chi connectivity index (χ1) is 14.4. The Labute approximate surface area is 183 Å². The Balaban J connectivity index is 1.57. The van der Waals surface area contributed by atoms with Gasteiger partial charge in [0.1, 0.15) is 0 Å². The van der Waals surface area contributed by atoms with E-state index in [9.17, 15) is 13.2 Å². The molecule has 0 bridgehead atoms. The maximum absolute atomic E-state index is 13.1. The van der Waals surface area contributed by atoms with Crippen LogP contribution in [0.2, 0.25) is 0 Å². The van der Waals surface area contributed by atoms with Gasteiger partial charge < -0.3 is 4.90 Å². The fraction of sp³-hybridized carbons (Fsp3) is 0.409. The Kier molecular flexibility index (Phi) is 7.82. The molecule has 162 valence electrons. The summed E-state index contributed by atoms with van der Waals surface area (Å²) >= 11 is 1.63. The predicted octanol–water partition coefficient (Wildman–Crippen LogP) is 2.80. The normalized spacial score (nSPS) is 16.8. The lowest BCUT2D eigenvalue weighted by molar-refractivity contribution is -0.136. The molecule has 1 saturated heterocycles. The molecule has 1 aliphatic heterocycles. The van der Waals surface area contributed by atoms with Crippen molar-refractivity contribution in [3.05, 3.63) is 70.9 Å². The van der Waals surface area contributed by atoms with Crippen LogP contribution in [0.5, 0.6) is 0 Å². The van der Waals surface area contributed by atoms with Gasteiger partial charge in [0.15, 0.2) is 0 Å². The fourth-order valence-electron chi connectivity index (χ4n) is 3.64. The second-order valence-electron chi connectivity index (χ2n) is 7.44. The summed E-state index contributed by atoms with van der Waals surface area (Å²) in [5.74, 6) is 0.0554. The second kappa shape index (κ2) is 10.3. The van der Waals surface area contributed by atoms with Gasteiger partial charge in [0.25, 0.3) is 0 Å². The maximum Gasteiger partial charge on any atom is 0.240 e. The minimum Gasteiger partial charge on any atom is -0.332 e. The molecule has 8 heteroatoms. The van der Waals surface area contributed by atoms with Gasteiger partial charge in [0, 0.05) is 37.6 Å². The van der Waals surface area contributed by atoms with Crippen LogP contribution < -0.4 is 0 Å². The van der Waals surface area contributed by atoms with Gasteiger partial charge in [-0.15, -0.1) is 17.9 Å². The summed E-state index contributed by atoms with van der Waals surface area (Å²) in [6.07, 6.45) is 1.74. The van der Waals surface area contributed by atoms with Crippen LogP contribution in [0.4, 0.5) is 0 Å². The number of piperazine rings is 1. The Hall–Kier alpha value is -2.00. The van der Waals surface area contributed by atoms with Crippen LogP contribution in [0.3, 0.4) is 0 Å². The third-order valence-corrected chi connectivity index (χ3v) is 8.06. The standard InChI is InChI=1S/C22H29N3O3S2/c1-3-11-24(17-21-10-7-16-29-21)22(26)19(2)23-12-14-25(15-13-23)30(27,28)18-20-8-5-4-6-9-20/h3-10,16,19H,1,11-15,17-18H2,2H3. The van der Waals surface area contributed by atoms with Crippen LogP contribution in [0.15, 0.2) is 60.5 Å². The van der Waals surface area contributed by atoms with Crippen molar-refractivity contribution in [2.75, 3.05) is 32.7 Å². The highest BCUT2D eigenvalue weighted by Crippen LogP contribution is 2.17. The van der Waals surface area contributed by atoms with Gasteiger partial charge in [-0.1, -0.05) is 42.5 Å². The zero-order valence-corrected chi connectivity index (χ0v) is 18.9. The Morgan fingerprint density at radius 3 is 2.47 bits per heavy atom. The Morgan fingerprint density at radius 1 is 1.17 bits per heavy atom. The van der Waals surface area contributed by atoms with Crippen molar-refractivity contribution in [3.63, 3.8) is 0 Å². The number of nitrogens with zero attached hydrogens (tertiary/aromatic N) is 3. The molecule has 2 heterocycles. The highest BCUT2D eigenvalue weighted by molar-refractivity contribution is 7.88. The number of benzene rings is 1. The molecule has 3 rings (SSSR count). The highest BCUT2D eigenvalue weighted by atomic mass is 32.2. The number of amides is 1. The largest absolute Gasteiger partial charge is 0.332 e. The molecule has 1 unspecified atom stereocenters. The number of hydrogen-bond acceptors (Lipinski definition) is 5. The van der Waals surface area contributed by atoms with Crippen LogP contribution in [0.25, 0.3) is 0 Å². The van der Waals surface area contributed by atoms with Gasteiger partial charge >= 0.3 is 0 Å². The van der Waals surface area contributed by atoms with Gasteiger partial charge in [0.05, 0.1) is 18.3 Å². The molecule has 1 aromatic heterocycles. The molecule has 1 aromatic carbocycles. The van der Waals surface area contributed by atoms with E-state index >= 15 is 0 Å². The van der Waals surface area contributed by atoms with E-state index in [0.717, 1.165) is 10.4 Å². The number of thiophene rings is 1. The average molecular weight is 448 g/mol. The maximum atomic E-state index is 13.1. The van der Waals surface area contributed by atoms with E-state index in [2.05, 4.69) is 11.5 Å². The van der Waals surface area contributed by atoms with Crippen molar-refractivity contribution >= 4 is 27.3 Å². The van der Waals surface area contributed by atoms with Crippen molar-refractivity contribution in [1.82, 2.24) is 14.1 Å². The molecule has 6 nitrogen and oxygen atoms in total. The summed E-state index contributed by atoms with van der Waals surface area (Å²) < 4.78 is 27.1. The summed E-state index contributed by atoms with van der Waals surface area (Å²) in [6.45, 7) is 8.63. The molecule has 0 radical (unpaired) electrons. The van der Waals surface area contributed by atoms with E-state index < -0.39 is 10.0 Å². The SMILES string of the molecule is C=CCN(Cc1cccs1)C(=O)C(C)N1CCN(S(=O)(=O)Cc2ccccc2)CC1.